The number of carbonyl (C=O) groups is 1. The van der Waals surface area contributed by atoms with Crippen LogP contribution in [-0.4, -0.2) is 16.9 Å². The molecule has 2 aromatic rings. The van der Waals surface area contributed by atoms with E-state index in [0.29, 0.717) is 11.4 Å². The average Bonchev–Trinajstić information content (AvgIpc) is 2.48. The van der Waals surface area contributed by atoms with E-state index in [0.717, 1.165) is 6.07 Å². The van der Waals surface area contributed by atoms with Gasteiger partial charge in [0.15, 0.2) is 0 Å². The molecule has 0 aromatic heterocycles. The fourth-order valence-corrected chi connectivity index (χ4v) is 2.18. The lowest BCUT2D eigenvalue weighted by Gasteiger charge is -2.15. The molecule has 1 N–H and O–H groups in total. The van der Waals surface area contributed by atoms with Crippen LogP contribution in [0, 0.1) is 10.1 Å². The standard InChI is InChI=1S/C16H15ClN2O4/c1-10(2)23-15-6-4-3-5-14(15)18-16(20)12-8-7-11(19(21)22)9-13(12)17/h3-10H,1-2H3,(H,18,20). The number of hydrogen-bond acceptors (Lipinski definition) is 4. The maximum absolute atomic E-state index is 12.3. The zero-order valence-electron chi connectivity index (χ0n) is 12.6. The lowest BCUT2D eigenvalue weighted by atomic mass is 10.2. The number of hydrogen-bond donors (Lipinski definition) is 1. The summed E-state index contributed by atoms with van der Waals surface area (Å²) < 4.78 is 5.63. The molecular weight excluding hydrogens is 320 g/mol. The van der Waals surface area contributed by atoms with E-state index in [1.54, 1.807) is 24.3 Å². The van der Waals surface area contributed by atoms with Crippen LogP contribution in [0.4, 0.5) is 11.4 Å². The van der Waals surface area contributed by atoms with Gasteiger partial charge < -0.3 is 10.1 Å². The third-order valence-corrected chi connectivity index (χ3v) is 3.22. The number of nitrogens with zero attached hydrogens (tertiary/aromatic N) is 1. The second-order valence-electron chi connectivity index (χ2n) is 5.04. The van der Waals surface area contributed by atoms with E-state index in [2.05, 4.69) is 5.32 Å². The van der Waals surface area contributed by atoms with E-state index in [1.807, 2.05) is 13.8 Å². The normalized spacial score (nSPS) is 10.4. The van der Waals surface area contributed by atoms with Crippen molar-refractivity contribution in [3.05, 3.63) is 63.2 Å². The van der Waals surface area contributed by atoms with Crippen LogP contribution in [0.25, 0.3) is 0 Å². The number of anilines is 1. The molecule has 6 nitrogen and oxygen atoms in total. The van der Waals surface area contributed by atoms with Crippen LogP contribution >= 0.6 is 11.6 Å². The molecule has 1 amide bonds. The summed E-state index contributed by atoms with van der Waals surface area (Å²) in [6, 6.07) is 10.7. The number of non-ortho nitro benzene ring substituents is 1. The van der Waals surface area contributed by atoms with Crippen molar-refractivity contribution in [2.75, 3.05) is 5.32 Å². The Hall–Kier alpha value is -2.60. The molecule has 0 aliphatic heterocycles. The lowest BCUT2D eigenvalue weighted by molar-refractivity contribution is -0.384. The van der Waals surface area contributed by atoms with E-state index in [4.69, 9.17) is 16.3 Å². The number of rotatable bonds is 5. The van der Waals surface area contributed by atoms with E-state index < -0.39 is 10.8 Å². The molecule has 0 bridgehead atoms. The van der Waals surface area contributed by atoms with Crippen molar-refractivity contribution in [3.8, 4) is 5.75 Å². The van der Waals surface area contributed by atoms with Gasteiger partial charge in [-0.25, -0.2) is 0 Å². The van der Waals surface area contributed by atoms with Crippen LogP contribution in [0.1, 0.15) is 24.2 Å². The van der Waals surface area contributed by atoms with Crippen molar-refractivity contribution in [2.45, 2.75) is 20.0 Å². The van der Waals surface area contributed by atoms with E-state index in [1.165, 1.54) is 12.1 Å². The van der Waals surface area contributed by atoms with Crippen LogP contribution in [-0.2, 0) is 0 Å². The van der Waals surface area contributed by atoms with Gasteiger partial charge in [-0.2, -0.15) is 0 Å². The molecule has 2 rings (SSSR count). The highest BCUT2D eigenvalue weighted by atomic mass is 35.5. The Morgan fingerprint density at radius 3 is 2.57 bits per heavy atom. The van der Waals surface area contributed by atoms with Crippen molar-refractivity contribution in [1.82, 2.24) is 0 Å². The molecule has 0 atom stereocenters. The molecule has 0 heterocycles. The third-order valence-electron chi connectivity index (χ3n) is 2.91. The van der Waals surface area contributed by atoms with Crippen molar-refractivity contribution < 1.29 is 14.5 Å². The predicted octanol–water partition coefficient (Wildman–Crippen LogP) is 4.29. The SMILES string of the molecule is CC(C)Oc1ccccc1NC(=O)c1ccc([N+](=O)[O-])cc1Cl. The van der Waals surface area contributed by atoms with Crippen molar-refractivity contribution in [2.24, 2.45) is 0 Å². The lowest BCUT2D eigenvalue weighted by Crippen LogP contribution is -2.15. The molecule has 0 unspecified atom stereocenters. The zero-order chi connectivity index (χ0) is 17.0. The fourth-order valence-electron chi connectivity index (χ4n) is 1.92. The van der Waals surface area contributed by atoms with Crippen LogP contribution < -0.4 is 10.1 Å². The van der Waals surface area contributed by atoms with Gasteiger partial charge in [-0.3, -0.25) is 14.9 Å². The van der Waals surface area contributed by atoms with Gasteiger partial charge in [-0.15, -0.1) is 0 Å². The highest BCUT2D eigenvalue weighted by Crippen LogP contribution is 2.27. The molecule has 120 valence electrons. The summed E-state index contributed by atoms with van der Waals surface area (Å²) in [7, 11) is 0. The molecule has 7 heteroatoms. The summed E-state index contributed by atoms with van der Waals surface area (Å²) in [6.07, 6.45) is -0.0454. The first kappa shape index (κ1) is 16.8. The monoisotopic (exact) mass is 334 g/mol. The summed E-state index contributed by atoms with van der Waals surface area (Å²) in [5, 5.41) is 13.4. The minimum absolute atomic E-state index is 0.0129. The summed E-state index contributed by atoms with van der Waals surface area (Å²) in [6.45, 7) is 3.76. The van der Waals surface area contributed by atoms with Crippen molar-refractivity contribution in [1.29, 1.82) is 0 Å². The van der Waals surface area contributed by atoms with Crippen molar-refractivity contribution in [3.63, 3.8) is 0 Å². The molecule has 0 aliphatic carbocycles. The first-order chi connectivity index (χ1) is 10.9. The van der Waals surface area contributed by atoms with Gasteiger partial charge in [0.05, 0.1) is 27.3 Å². The zero-order valence-corrected chi connectivity index (χ0v) is 13.3. The van der Waals surface area contributed by atoms with E-state index in [-0.39, 0.29) is 22.4 Å². The predicted molar refractivity (Wildman–Crippen MR) is 88.3 cm³/mol. The number of nitro benzene ring substituents is 1. The highest BCUT2D eigenvalue weighted by molar-refractivity contribution is 6.34. The summed E-state index contributed by atoms with van der Waals surface area (Å²) in [5.74, 6) is 0.0681. The van der Waals surface area contributed by atoms with Crippen LogP contribution in [0.2, 0.25) is 5.02 Å². The van der Waals surface area contributed by atoms with E-state index >= 15 is 0 Å². The van der Waals surface area contributed by atoms with Crippen molar-refractivity contribution >= 4 is 28.9 Å². The van der Waals surface area contributed by atoms with Crippen LogP contribution in [0.15, 0.2) is 42.5 Å². The Morgan fingerprint density at radius 1 is 1.26 bits per heavy atom. The number of halogens is 1. The van der Waals surface area contributed by atoms with Crippen LogP contribution in [0.3, 0.4) is 0 Å². The van der Waals surface area contributed by atoms with Gasteiger partial charge in [-0.05, 0) is 32.0 Å². The van der Waals surface area contributed by atoms with Gasteiger partial charge >= 0.3 is 0 Å². The van der Waals surface area contributed by atoms with Crippen LogP contribution in [0.5, 0.6) is 5.75 Å². The molecule has 0 fully saturated rings. The summed E-state index contributed by atoms with van der Waals surface area (Å²) >= 11 is 5.96. The summed E-state index contributed by atoms with van der Waals surface area (Å²) in [4.78, 5) is 22.5. The molecule has 0 aliphatic rings. The number of ether oxygens (including phenoxy) is 1. The Labute approximate surface area is 138 Å². The minimum Gasteiger partial charge on any atom is -0.489 e. The molecule has 2 aromatic carbocycles. The fraction of sp³-hybridized carbons (Fsp3) is 0.188. The first-order valence-corrected chi connectivity index (χ1v) is 7.27. The Morgan fingerprint density at radius 2 is 1.96 bits per heavy atom. The van der Waals surface area contributed by atoms with Gasteiger partial charge in [0.2, 0.25) is 0 Å². The second kappa shape index (κ2) is 7.11. The van der Waals surface area contributed by atoms with E-state index in [9.17, 15) is 14.9 Å². The molecule has 23 heavy (non-hydrogen) atoms. The molecule has 0 saturated carbocycles. The molecule has 0 saturated heterocycles. The molecular formula is C16H15ClN2O4. The van der Waals surface area contributed by atoms with Gasteiger partial charge in [0.25, 0.3) is 11.6 Å². The maximum Gasteiger partial charge on any atom is 0.270 e. The number of para-hydroxylation sites is 2. The Bertz CT molecular complexity index is 747. The first-order valence-electron chi connectivity index (χ1n) is 6.89. The summed E-state index contributed by atoms with van der Waals surface area (Å²) in [5.41, 5.74) is 0.479. The minimum atomic E-state index is -0.570. The largest absolute Gasteiger partial charge is 0.489 e. The average molecular weight is 335 g/mol. The van der Waals surface area contributed by atoms with Gasteiger partial charge in [0, 0.05) is 12.1 Å². The number of amides is 1. The quantitative estimate of drug-likeness (QED) is 0.653. The second-order valence-corrected chi connectivity index (χ2v) is 5.45. The topological polar surface area (TPSA) is 81.5 Å². The highest BCUT2D eigenvalue weighted by Gasteiger charge is 2.16. The molecule has 0 radical (unpaired) electrons. The number of nitro groups is 1. The Kier molecular flexibility index (Phi) is 5.18. The van der Waals surface area contributed by atoms with Gasteiger partial charge in [-0.1, -0.05) is 23.7 Å². The number of benzene rings is 2. The number of carbonyl (C=O) groups excluding carboxylic acids is 1. The smallest absolute Gasteiger partial charge is 0.270 e. The third kappa shape index (κ3) is 4.20. The number of nitrogens with one attached hydrogen (secondary N) is 1. The molecule has 0 spiro atoms. The van der Waals surface area contributed by atoms with Gasteiger partial charge in [0.1, 0.15) is 5.75 Å². The Balaban J connectivity index is 2.24. The maximum atomic E-state index is 12.3.